The van der Waals surface area contributed by atoms with Gasteiger partial charge in [0, 0.05) is 20.1 Å². The van der Waals surface area contributed by atoms with Crippen molar-refractivity contribution in [2.75, 3.05) is 13.7 Å². The lowest BCUT2D eigenvalue weighted by Gasteiger charge is -2.23. The molecule has 0 aromatic carbocycles. The number of amides is 1. The lowest BCUT2D eigenvalue weighted by atomic mass is 9.88. The molecule has 0 spiro atoms. The van der Waals surface area contributed by atoms with Crippen molar-refractivity contribution in [2.45, 2.75) is 59.0 Å². The minimum atomic E-state index is -0.762. The smallest absolute Gasteiger partial charge is 0.303 e. The summed E-state index contributed by atoms with van der Waals surface area (Å²) in [6.45, 7) is 8.50. The van der Waals surface area contributed by atoms with Gasteiger partial charge in [-0.1, -0.05) is 13.8 Å². The molecule has 0 aliphatic carbocycles. The van der Waals surface area contributed by atoms with E-state index in [-0.39, 0.29) is 12.3 Å². The summed E-state index contributed by atoms with van der Waals surface area (Å²) in [5.41, 5.74) is -0.454. The molecule has 0 aromatic rings. The molecule has 2 N–H and O–H groups in total. The molecule has 0 radical (unpaired) electrons. The van der Waals surface area contributed by atoms with Gasteiger partial charge in [0.2, 0.25) is 5.91 Å². The van der Waals surface area contributed by atoms with E-state index in [4.69, 9.17) is 9.84 Å². The molecule has 0 rings (SSSR count). The van der Waals surface area contributed by atoms with E-state index >= 15 is 0 Å². The van der Waals surface area contributed by atoms with Crippen LogP contribution in [0.15, 0.2) is 0 Å². The number of carbonyl (C=O) groups is 2. The number of hydrogen-bond donors (Lipinski definition) is 2. The predicted octanol–water partition coefficient (Wildman–Crippen LogP) is 2.44. The van der Waals surface area contributed by atoms with Gasteiger partial charge in [0.05, 0.1) is 12.0 Å². The molecule has 118 valence electrons. The highest BCUT2D eigenvalue weighted by atomic mass is 16.5. The molecule has 5 nitrogen and oxygen atoms in total. The summed E-state index contributed by atoms with van der Waals surface area (Å²) in [6, 6.07) is 0. The van der Waals surface area contributed by atoms with Gasteiger partial charge in [-0.15, -0.1) is 0 Å². The number of hydrogen-bond acceptors (Lipinski definition) is 3. The molecule has 0 saturated heterocycles. The quantitative estimate of drug-likeness (QED) is 0.647. The standard InChI is InChI=1S/C15H29NO4/c1-11(2)12(6-7-14(18)19)8-9-16-13(17)10-15(3,4)20-5/h11-12H,6-10H2,1-5H3,(H,16,17)(H,18,19). The minimum Gasteiger partial charge on any atom is -0.481 e. The van der Waals surface area contributed by atoms with Crippen LogP contribution in [0.1, 0.15) is 53.4 Å². The topological polar surface area (TPSA) is 75.6 Å². The molecule has 20 heavy (non-hydrogen) atoms. The van der Waals surface area contributed by atoms with Crippen LogP contribution in [0.5, 0.6) is 0 Å². The van der Waals surface area contributed by atoms with E-state index in [0.29, 0.717) is 31.2 Å². The molecule has 1 amide bonds. The molecule has 0 aromatic heterocycles. The second-order valence-corrected chi connectivity index (χ2v) is 6.22. The number of rotatable bonds is 10. The SMILES string of the molecule is COC(C)(C)CC(=O)NCCC(CCC(=O)O)C(C)C. The van der Waals surface area contributed by atoms with E-state index in [1.54, 1.807) is 7.11 Å². The average Bonchev–Trinajstić information content (AvgIpc) is 2.32. The first-order chi connectivity index (χ1) is 9.18. The Morgan fingerprint density at radius 1 is 1.25 bits per heavy atom. The third kappa shape index (κ3) is 8.91. The highest BCUT2D eigenvalue weighted by Crippen LogP contribution is 2.20. The van der Waals surface area contributed by atoms with E-state index in [0.717, 1.165) is 6.42 Å². The van der Waals surface area contributed by atoms with E-state index < -0.39 is 11.6 Å². The fourth-order valence-electron chi connectivity index (χ4n) is 2.04. The number of aliphatic carboxylic acids is 1. The normalized spacial score (nSPS) is 13.3. The van der Waals surface area contributed by atoms with E-state index in [9.17, 15) is 9.59 Å². The third-order valence-corrected chi connectivity index (χ3v) is 3.65. The molecule has 0 aliphatic heterocycles. The monoisotopic (exact) mass is 287 g/mol. The van der Waals surface area contributed by atoms with Gasteiger partial charge in [0.1, 0.15) is 0 Å². The van der Waals surface area contributed by atoms with Gasteiger partial charge in [-0.25, -0.2) is 0 Å². The van der Waals surface area contributed by atoms with Gasteiger partial charge in [0.25, 0.3) is 0 Å². The second kappa shape index (κ2) is 8.95. The first-order valence-electron chi connectivity index (χ1n) is 7.21. The number of nitrogens with one attached hydrogen (secondary N) is 1. The summed E-state index contributed by atoms with van der Waals surface area (Å²) in [5.74, 6) is -0.0531. The van der Waals surface area contributed by atoms with Crippen molar-refractivity contribution in [3.05, 3.63) is 0 Å². The third-order valence-electron chi connectivity index (χ3n) is 3.65. The average molecular weight is 287 g/mol. The number of methoxy groups -OCH3 is 1. The van der Waals surface area contributed by atoms with Gasteiger partial charge >= 0.3 is 5.97 Å². The molecule has 0 bridgehead atoms. The Bertz CT molecular complexity index is 313. The van der Waals surface area contributed by atoms with Crippen molar-refractivity contribution in [2.24, 2.45) is 11.8 Å². The van der Waals surface area contributed by atoms with E-state index in [1.807, 2.05) is 13.8 Å². The predicted molar refractivity (Wildman–Crippen MR) is 78.5 cm³/mol. The van der Waals surface area contributed by atoms with E-state index in [1.165, 1.54) is 0 Å². The van der Waals surface area contributed by atoms with Gasteiger partial charge in [0.15, 0.2) is 0 Å². The van der Waals surface area contributed by atoms with Crippen molar-refractivity contribution in [3.63, 3.8) is 0 Å². The van der Waals surface area contributed by atoms with Gasteiger partial charge in [-0.3, -0.25) is 9.59 Å². The Kier molecular flexibility index (Phi) is 8.46. The summed E-state index contributed by atoms with van der Waals surface area (Å²) in [6.07, 6.45) is 1.98. The van der Waals surface area contributed by atoms with Gasteiger partial charge < -0.3 is 15.2 Å². The van der Waals surface area contributed by atoms with Crippen LogP contribution in [0.2, 0.25) is 0 Å². The van der Waals surface area contributed by atoms with Gasteiger partial charge in [-0.2, -0.15) is 0 Å². The lowest BCUT2D eigenvalue weighted by Crippen LogP contribution is -2.34. The van der Waals surface area contributed by atoms with Crippen molar-refractivity contribution in [3.8, 4) is 0 Å². The molecular weight excluding hydrogens is 258 g/mol. The Morgan fingerprint density at radius 2 is 1.85 bits per heavy atom. The molecule has 1 unspecified atom stereocenters. The van der Waals surface area contributed by atoms with Crippen LogP contribution in [-0.4, -0.2) is 36.2 Å². The van der Waals surface area contributed by atoms with Crippen LogP contribution in [0.25, 0.3) is 0 Å². The number of carboxylic acids is 1. The summed E-state index contributed by atoms with van der Waals surface area (Å²) < 4.78 is 5.21. The fourth-order valence-corrected chi connectivity index (χ4v) is 2.04. The summed E-state index contributed by atoms with van der Waals surface area (Å²) in [4.78, 5) is 22.4. The zero-order chi connectivity index (χ0) is 15.8. The zero-order valence-electron chi connectivity index (χ0n) is 13.4. The Morgan fingerprint density at radius 3 is 2.30 bits per heavy atom. The largest absolute Gasteiger partial charge is 0.481 e. The highest BCUT2D eigenvalue weighted by Gasteiger charge is 2.21. The van der Waals surface area contributed by atoms with Crippen LogP contribution in [0.3, 0.4) is 0 Å². The highest BCUT2D eigenvalue weighted by molar-refractivity contribution is 5.76. The molecule has 0 fully saturated rings. The van der Waals surface area contributed by atoms with E-state index in [2.05, 4.69) is 19.2 Å². The van der Waals surface area contributed by atoms with Crippen molar-refractivity contribution < 1.29 is 19.4 Å². The first kappa shape index (κ1) is 18.9. The second-order valence-electron chi connectivity index (χ2n) is 6.22. The summed E-state index contributed by atoms with van der Waals surface area (Å²) in [7, 11) is 1.59. The first-order valence-corrected chi connectivity index (χ1v) is 7.21. The molecular formula is C15H29NO4. The zero-order valence-corrected chi connectivity index (χ0v) is 13.4. The van der Waals surface area contributed by atoms with Crippen LogP contribution < -0.4 is 5.32 Å². The fraction of sp³-hybridized carbons (Fsp3) is 0.867. The lowest BCUT2D eigenvalue weighted by molar-refractivity contribution is -0.137. The molecule has 1 atom stereocenters. The maximum Gasteiger partial charge on any atom is 0.303 e. The summed E-state index contributed by atoms with van der Waals surface area (Å²) in [5, 5.41) is 11.6. The molecule has 0 saturated carbocycles. The Balaban J connectivity index is 4.05. The number of carbonyl (C=O) groups excluding carboxylic acids is 1. The van der Waals surface area contributed by atoms with Crippen LogP contribution in [-0.2, 0) is 14.3 Å². The Labute approximate surface area is 122 Å². The maximum atomic E-state index is 11.7. The van der Waals surface area contributed by atoms with Crippen molar-refractivity contribution in [1.29, 1.82) is 0 Å². The minimum absolute atomic E-state index is 0.0300. The van der Waals surface area contributed by atoms with Crippen molar-refractivity contribution >= 4 is 11.9 Å². The van der Waals surface area contributed by atoms with Crippen LogP contribution in [0, 0.1) is 11.8 Å². The number of ether oxygens (including phenoxy) is 1. The molecule has 0 heterocycles. The van der Waals surface area contributed by atoms with Crippen molar-refractivity contribution in [1.82, 2.24) is 5.32 Å². The van der Waals surface area contributed by atoms with Crippen LogP contribution >= 0.6 is 0 Å². The molecule has 5 heteroatoms. The maximum absolute atomic E-state index is 11.7. The number of carboxylic acid groups (broad SMARTS) is 1. The van der Waals surface area contributed by atoms with Gasteiger partial charge in [-0.05, 0) is 38.5 Å². The molecule has 0 aliphatic rings. The summed E-state index contributed by atoms with van der Waals surface area (Å²) >= 11 is 0. The Hall–Kier alpha value is -1.10. The van der Waals surface area contributed by atoms with Crippen LogP contribution in [0.4, 0.5) is 0 Å².